The fraction of sp³-hybridized carbons (Fsp3) is 0.333. The van der Waals surface area contributed by atoms with Crippen molar-refractivity contribution in [2.24, 2.45) is 0 Å². The Morgan fingerprint density at radius 2 is 2.27 bits per heavy atom. The highest BCUT2D eigenvalue weighted by atomic mass is 16.6. The maximum absolute atomic E-state index is 9.41. The van der Waals surface area contributed by atoms with Crippen LogP contribution in [0.2, 0.25) is 0 Å². The summed E-state index contributed by atoms with van der Waals surface area (Å²) in [6.07, 6.45) is 0.831. The third-order valence-corrected chi connectivity index (χ3v) is 2.33. The Balaban J connectivity index is 2.37. The van der Waals surface area contributed by atoms with Crippen LogP contribution in [0.1, 0.15) is 19.4 Å². The van der Waals surface area contributed by atoms with Crippen molar-refractivity contribution >= 4 is 5.57 Å². The van der Waals surface area contributed by atoms with Gasteiger partial charge in [-0.05, 0) is 37.6 Å². The van der Waals surface area contributed by atoms with Gasteiger partial charge in [-0.2, -0.15) is 0 Å². The van der Waals surface area contributed by atoms with Crippen LogP contribution in [0.25, 0.3) is 5.57 Å². The summed E-state index contributed by atoms with van der Waals surface area (Å²) in [4.78, 5) is 0. The van der Waals surface area contributed by atoms with Crippen molar-refractivity contribution in [3.05, 3.63) is 29.8 Å². The first-order valence-electron chi connectivity index (χ1n) is 5.01. The molecule has 3 nitrogen and oxygen atoms in total. The Kier molecular flexibility index (Phi) is 2.64. The largest absolute Gasteiger partial charge is 0.494 e. The van der Waals surface area contributed by atoms with E-state index in [2.05, 4.69) is 0 Å². The van der Waals surface area contributed by atoms with Gasteiger partial charge in [0.15, 0.2) is 0 Å². The van der Waals surface area contributed by atoms with Crippen LogP contribution in [0.15, 0.2) is 24.3 Å². The van der Waals surface area contributed by atoms with E-state index in [1.54, 1.807) is 12.1 Å². The lowest BCUT2D eigenvalue weighted by atomic mass is 10.0. The molecule has 0 aromatic heterocycles. The summed E-state index contributed by atoms with van der Waals surface area (Å²) >= 11 is 0. The second-order valence-corrected chi connectivity index (χ2v) is 3.45. The molecule has 2 rings (SSSR count). The molecule has 0 aliphatic carbocycles. The number of hydrogen-bond acceptors (Lipinski definition) is 3. The first-order valence-corrected chi connectivity index (χ1v) is 5.01. The Bertz CT molecular complexity index is 396. The second-order valence-electron chi connectivity index (χ2n) is 3.45. The van der Waals surface area contributed by atoms with Gasteiger partial charge in [-0.1, -0.05) is 0 Å². The number of aliphatic hydroxyl groups excluding tert-OH is 1. The molecule has 0 amide bonds. The molecule has 15 heavy (non-hydrogen) atoms. The fourth-order valence-corrected chi connectivity index (χ4v) is 1.65. The van der Waals surface area contributed by atoms with E-state index in [-0.39, 0.29) is 0 Å². The van der Waals surface area contributed by atoms with Crippen molar-refractivity contribution in [3.63, 3.8) is 0 Å². The third kappa shape index (κ3) is 1.97. The molecule has 1 unspecified atom stereocenters. The normalized spacial score (nSPS) is 18.9. The van der Waals surface area contributed by atoms with Crippen LogP contribution >= 0.6 is 0 Å². The van der Waals surface area contributed by atoms with Gasteiger partial charge in [0.25, 0.3) is 0 Å². The molecule has 80 valence electrons. The van der Waals surface area contributed by atoms with E-state index in [1.165, 1.54) is 0 Å². The maximum Gasteiger partial charge on any atom is 0.217 e. The minimum absolute atomic E-state index is 0.621. The molecule has 0 saturated heterocycles. The molecule has 0 saturated carbocycles. The van der Waals surface area contributed by atoms with Crippen LogP contribution in [0.5, 0.6) is 11.5 Å². The van der Waals surface area contributed by atoms with E-state index >= 15 is 0 Å². The lowest BCUT2D eigenvalue weighted by Crippen LogP contribution is -2.17. The lowest BCUT2D eigenvalue weighted by Gasteiger charge is -2.21. The third-order valence-electron chi connectivity index (χ3n) is 2.33. The van der Waals surface area contributed by atoms with E-state index in [4.69, 9.17) is 9.47 Å². The van der Waals surface area contributed by atoms with Gasteiger partial charge in [-0.25, -0.2) is 0 Å². The van der Waals surface area contributed by atoms with Crippen LogP contribution in [0, 0.1) is 0 Å². The molecule has 1 aliphatic rings. The molecule has 0 spiro atoms. The Morgan fingerprint density at radius 1 is 1.47 bits per heavy atom. The minimum atomic E-state index is -0.852. The molecule has 1 aromatic carbocycles. The number of ether oxygens (including phenoxy) is 2. The number of fused-ring (bicyclic) bond motifs is 1. The predicted molar refractivity (Wildman–Crippen MR) is 57.9 cm³/mol. The van der Waals surface area contributed by atoms with Crippen molar-refractivity contribution in [2.75, 3.05) is 6.61 Å². The molecule has 1 N–H and O–H groups in total. The van der Waals surface area contributed by atoms with Gasteiger partial charge in [-0.3, -0.25) is 0 Å². The van der Waals surface area contributed by atoms with Crippen molar-refractivity contribution in [2.45, 2.75) is 20.1 Å². The van der Waals surface area contributed by atoms with E-state index in [0.29, 0.717) is 12.4 Å². The van der Waals surface area contributed by atoms with E-state index in [1.807, 2.05) is 26.0 Å². The number of allylic oxidation sites excluding steroid dienone is 1. The smallest absolute Gasteiger partial charge is 0.217 e. The van der Waals surface area contributed by atoms with Gasteiger partial charge in [0.1, 0.15) is 11.5 Å². The molecular formula is C12H14O3. The highest BCUT2D eigenvalue weighted by molar-refractivity contribution is 5.71. The summed E-state index contributed by atoms with van der Waals surface area (Å²) < 4.78 is 10.6. The van der Waals surface area contributed by atoms with Crippen molar-refractivity contribution in [1.29, 1.82) is 0 Å². The van der Waals surface area contributed by atoms with Crippen LogP contribution in [0.4, 0.5) is 0 Å². The van der Waals surface area contributed by atoms with Crippen LogP contribution in [-0.2, 0) is 0 Å². The topological polar surface area (TPSA) is 38.7 Å². The zero-order valence-corrected chi connectivity index (χ0v) is 8.86. The summed E-state index contributed by atoms with van der Waals surface area (Å²) in [7, 11) is 0. The Hall–Kier alpha value is -1.48. The second kappa shape index (κ2) is 3.95. The molecule has 1 aliphatic heterocycles. The molecule has 1 heterocycles. The number of aliphatic hydroxyl groups is 1. The van der Waals surface area contributed by atoms with Gasteiger partial charge in [0, 0.05) is 11.6 Å². The SMILES string of the molecule is CCOc1ccc2c(c1)OC(O)C=C2C. The molecule has 3 heteroatoms. The highest BCUT2D eigenvalue weighted by Gasteiger charge is 2.16. The van der Waals surface area contributed by atoms with Crippen molar-refractivity contribution in [3.8, 4) is 11.5 Å². The molecular weight excluding hydrogens is 192 g/mol. The van der Waals surface area contributed by atoms with Gasteiger partial charge in [0.2, 0.25) is 6.29 Å². The maximum atomic E-state index is 9.41. The number of hydrogen-bond donors (Lipinski definition) is 1. The first kappa shape index (κ1) is 10.1. The van der Waals surface area contributed by atoms with Crippen molar-refractivity contribution in [1.82, 2.24) is 0 Å². The van der Waals surface area contributed by atoms with Crippen molar-refractivity contribution < 1.29 is 14.6 Å². The van der Waals surface area contributed by atoms with Crippen LogP contribution in [0.3, 0.4) is 0 Å². The first-order chi connectivity index (χ1) is 7.20. The predicted octanol–water partition coefficient (Wildman–Crippen LogP) is 2.20. The Morgan fingerprint density at radius 3 is 3.00 bits per heavy atom. The van der Waals surface area contributed by atoms with E-state index in [0.717, 1.165) is 16.9 Å². The summed E-state index contributed by atoms with van der Waals surface area (Å²) in [6, 6.07) is 5.65. The monoisotopic (exact) mass is 206 g/mol. The fourth-order valence-electron chi connectivity index (χ4n) is 1.65. The zero-order valence-electron chi connectivity index (χ0n) is 8.86. The molecule has 0 radical (unpaired) electrons. The summed E-state index contributed by atoms with van der Waals surface area (Å²) in [6.45, 7) is 4.50. The Labute approximate surface area is 88.9 Å². The van der Waals surface area contributed by atoms with Crippen LogP contribution in [-0.4, -0.2) is 18.0 Å². The van der Waals surface area contributed by atoms with Crippen LogP contribution < -0.4 is 9.47 Å². The summed E-state index contributed by atoms with van der Waals surface area (Å²) in [5, 5.41) is 9.41. The highest BCUT2D eigenvalue weighted by Crippen LogP contribution is 2.34. The van der Waals surface area contributed by atoms with Gasteiger partial charge >= 0.3 is 0 Å². The zero-order chi connectivity index (χ0) is 10.8. The average molecular weight is 206 g/mol. The molecule has 1 atom stereocenters. The van der Waals surface area contributed by atoms with Gasteiger partial charge in [-0.15, -0.1) is 0 Å². The van der Waals surface area contributed by atoms with E-state index < -0.39 is 6.29 Å². The quantitative estimate of drug-likeness (QED) is 0.806. The average Bonchev–Trinajstić information content (AvgIpc) is 2.17. The minimum Gasteiger partial charge on any atom is -0.494 e. The van der Waals surface area contributed by atoms with Gasteiger partial charge in [0.05, 0.1) is 6.61 Å². The number of benzene rings is 1. The standard InChI is InChI=1S/C12H14O3/c1-3-14-9-4-5-10-8(2)6-12(13)15-11(10)7-9/h4-7,12-13H,3H2,1-2H3. The molecule has 0 bridgehead atoms. The number of rotatable bonds is 2. The van der Waals surface area contributed by atoms with Gasteiger partial charge < -0.3 is 14.6 Å². The summed E-state index contributed by atoms with van der Waals surface area (Å²) in [5.74, 6) is 1.44. The van der Waals surface area contributed by atoms with E-state index in [9.17, 15) is 5.11 Å². The lowest BCUT2D eigenvalue weighted by molar-refractivity contribution is 0.0223. The summed E-state index contributed by atoms with van der Waals surface area (Å²) in [5.41, 5.74) is 2.02. The molecule has 1 aromatic rings. The molecule has 0 fully saturated rings.